The van der Waals surface area contributed by atoms with Gasteiger partial charge in [-0.15, -0.1) is 11.3 Å². The highest BCUT2D eigenvalue weighted by Gasteiger charge is 2.18. The summed E-state index contributed by atoms with van der Waals surface area (Å²) in [4.78, 5) is 17.0. The smallest absolute Gasteiger partial charge is 0.307 e. The van der Waals surface area contributed by atoms with Gasteiger partial charge in [-0.2, -0.15) is 0 Å². The van der Waals surface area contributed by atoms with Crippen LogP contribution in [0.1, 0.15) is 42.3 Å². The first kappa shape index (κ1) is 22.8. The molecule has 170 valence electrons. The number of nitrogens with zero attached hydrogens (tertiary/aromatic N) is 1. The molecule has 0 saturated carbocycles. The van der Waals surface area contributed by atoms with Crippen molar-refractivity contribution >= 4 is 17.3 Å². The van der Waals surface area contributed by atoms with Crippen LogP contribution in [0.3, 0.4) is 0 Å². The van der Waals surface area contributed by atoms with Crippen LogP contribution in [-0.2, 0) is 17.6 Å². The lowest BCUT2D eigenvalue weighted by molar-refractivity contribution is -0.136. The van der Waals surface area contributed by atoms with Crippen LogP contribution in [0.15, 0.2) is 64.4 Å². The predicted octanol–water partition coefficient (Wildman–Crippen LogP) is 6.75. The lowest BCUT2D eigenvalue weighted by Gasteiger charge is -2.10. The highest BCUT2D eigenvalue weighted by Crippen LogP contribution is 2.31. The highest BCUT2D eigenvalue weighted by atomic mass is 32.1. The van der Waals surface area contributed by atoms with Crippen LogP contribution < -0.4 is 4.74 Å². The molecule has 5 nitrogen and oxygen atoms in total. The Morgan fingerprint density at radius 3 is 2.55 bits per heavy atom. The molecule has 0 fully saturated rings. The Labute approximate surface area is 197 Å². The second-order valence-corrected chi connectivity index (χ2v) is 9.26. The number of rotatable bonds is 9. The van der Waals surface area contributed by atoms with Crippen molar-refractivity contribution in [3.8, 4) is 27.6 Å². The number of aromatic nitrogens is 1. The van der Waals surface area contributed by atoms with E-state index in [4.69, 9.17) is 19.2 Å². The molecule has 0 aliphatic rings. The normalized spacial score (nSPS) is 11.2. The van der Waals surface area contributed by atoms with Gasteiger partial charge in [-0.1, -0.05) is 44.2 Å². The number of thiophene rings is 1. The fraction of sp³-hybridized carbons (Fsp3) is 0.259. The molecule has 0 aliphatic heterocycles. The van der Waals surface area contributed by atoms with E-state index in [-0.39, 0.29) is 12.3 Å². The maximum Gasteiger partial charge on any atom is 0.307 e. The number of oxazole rings is 1. The zero-order valence-electron chi connectivity index (χ0n) is 19.0. The number of hydrogen-bond acceptors (Lipinski definition) is 5. The van der Waals surface area contributed by atoms with Crippen LogP contribution >= 0.6 is 11.3 Å². The van der Waals surface area contributed by atoms with Crippen molar-refractivity contribution in [3.63, 3.8) is 0 Å². The minimum atomic E-state index is -0.857. The van der Waals surface area contributed by atoms with Crippen LogP contribution in [-0.4, -0.2) is 22.7 Å². The van der Waals surface area contributed by atoms with Gasteiger partial charge in [0.15, 0.2) is 0 Å². The molecular formula is C27H27NO4S. The Morgan fingerprint density at radius 2 is 1.88 bits per heavy atom. The summed E-state index contributed by atoms with van der Waals surface area (Å²) in [5, 5.41) is 11.1. The van der Waals surface area contributed by atoms with Crippen LogP contribution in [0.5, 0.6) is 5.75 Å². The Kier molecular flexibility index (Phi) is 6.94. The average molecular weight is 462 g/mol. The van der Waals surface area contributed by atoms with E-state index >= 15 is 0 Å². The Hall–Kier alpha value is -3.38. The lowest BCUT2D eigenvalue weighted by Crippen LogP contribution is -2.06. The standard InChI is InChI=1S/C27H27NO4S/c1-17(2)26-22(12-13-31-23-15-19(16-25(29)30)7-6-18(23)3)28-27(32-26)21-10-8-20(9-11-21)24-5-4-14-33-24/h4-11,14-15,17H,12-13,16H2,1-3H3,(H,29,30). The molecule has 2 heterocycles. The fourth-order valence-electron chi connectivity index (χ4n) is 3.68. The topological polar surface area (TPSA) is 72.6 Å². The van der Waals surface area contributed by atoms with Crippen LogP contribution in [0.25, 0.3) is 21.9 Å². The zero-order valence-corrected chi connectivity index (χ0v) is 19.8. The van der Waals surface area contributed by atoms with E-state index in [0.29, 0.717) is 24.7 Å². The second kappa shape index (κ2) is 10.0. The third-order valence-corrected chi connectivity index (χ3v) is 6.31. The number of aryl methyl sites for hydroxylation is 1. The van der Waals surface area contributed by atoms with Gasteiger partial charge in [-0.25, -0.2) is 4.98 Å². The molecular weight excluding hydrogens is 434 g/mol. The van der Waals surface area contributed by atoms with Gasteiger partial charge in [0.1, 0.15) is 11.5 Å². The SMILES string of the molecule is Cc1ccc(CC(=O)O)cc1OCCc1nc(-c2ccc(-c3cccs3)cc2)oc1C(C)C. The number of ether oxygens (including phenoxy) is 1. The summed E-state index contributed by atoms with van der Waals surface area (Å²) in [6.07, 6.45) is 0.582. The van der Waals surface area contributed by atoms with Gasteiger partial charge >= 0.3 is 5.97 Å². The molecule has 0 radical (unpaired) electrons. The first-order valence-corrected chi connectivity index (χ1v) is 11.9. The predicted molar refractivity (Wildman–Crippen MR) is 131 cm³/mol. The summed E-state index contributed by atoms with van der Waals surface area (Å²) < 4.78 is 12.1. The number of carboxylic acid groups (broad SMARTS) is 1. The van der Waals surface area contributed by atoms with Gasteiger partial charge in [-0.3, -0.25) is 4.79 Å². The Balaban J connectivity index is 1.48. The minimum absolute atomic E-state index is 0.0218. The second-order valence-electron chi connectivity index (χ2n) is 8.31. The molecule has 0 unspecified atom stereocenters. The number of aliphatic carboxylic acids is 1. The zero-order chi connectivity index (χ0) is 23.4. The number of benzene rings is 2. The van der Waals surface area contributed by atoms with E-state index in [9.17, 15) is 4.79 Å². The van der Waals surface area contributed by atoms with Crippen molar-refractivity contribution in [3.05, 3.63) is 82.6 Å². The van der Waals surface area contributed by atoms with E-state index in [0.717, 1.165) is 28.1 Å². The average Bonchev–Trinajstić information content (AvgIpc) is 3.46. The molecule has 0 saturated heterocycles. The number of carboxylic acids is 1. The number of carbonyl (C=O) groups is 1. The summed E-state index contributed by atoms with van der Waals surface area (Å²) in [5.41, 5.74) is 4.71. The third-order valence-electron chi connectivity index (χ3n) is 5.39. The van der Waals surface area contributed by atoms with Crippen molar-refractivity contribution in [1.82, 2.24) is 4.98 Å². The van der Waals surface area contributed by atoms with Crippen LogP contribution in [0, 0.1) is 6.92 Å². The maximum absolute atomic E-state index is 11.0. The summed E-state index contributed by atoms with van der Waals surface area (Å²) in [5.74, 6) is 1.53. The molecule has 2 aromatic carbocycles. The van der Waals surface area contributed by atoms with Crippen molar-refractivity contribution in [2.45, 2.75) is 39.5 Å². The van der Waals surface area contributed by atoms with E-state index in [1.54, 1.807) is 17.4 Å². The first-order chi connectivity index (χ1) is 15.9. The molecule has 33 heavy (non-hydrogen) atoms. The molecule has 4 aromatic rings. The summed E-state index contributed by atoms with van der Waals surface area (Å²) >= 11 is 1.72. The quantitative estimate of drug-likeness (QED) is 0.298. The largest absolute Gasteiger partial charge is 0.493 e. The minimum Gasteiger partial charge on any atom is -0.493 e. The van der Waals surface area contributed by atoms with Gasteiger partial charge in [0.05, 0.1) is 18.7 Å². The van der Waals surface area contributed by atoms with Gasteiger partial charge in [0, 0.05) is 22.8 Å². The Morgan fingerprint density at radius 1 is 1.12 bits per heavy atom. The van der Waals surface area contributed by atoms with E-state index in [2.05, 4.69) is 43.5 Å². The van der Waals surface area contributed by atoms with Gasteiger partial charge in [0.2, 0.25) is 5.89 Å². The number of hydrogen-bond donors (Lipinski definition) is 1. The molecule has 2 aromatic heterocycles. The van der Waals surface area contributed by atoms with Crippen molar-refractivity contribution in [1.29, 1.82) is 0 Å². The van der Waals surface area contributed by atoms with Crippen molar-refractivity contribution < 1.29 is 19.1 Å². The van der Waals surface area contributed by atoms with Crippen LogP contribution in [0.2, 0.25) is 0 Å². The van der Waals surface area contributed by atoms with E-state index < -0.39 is 5.97 Å². The lowest BCUT2D eigenvalue weighted by atomic mass is 10.1. The Bertz CT molecular complexity index is 1220. The highest BCUT2D eigenvalue weighted by molar-refractivity contribution is 7.13. The van der Waals surface area contributed by atoms with E-state index in [1.165, 1.54) is 10.4 Å². The molecule has 4 rings (SSSR count). The van der Waals surface area contributed by atoms with Gasteiger partial charge < -0.3 is 14.3 Å². The molecule has 0 atom stereocenters. The van der Waals surface area contributed by atoms with E-state index in [1.807, 2.05) is 31.2 Å². The monoisotopic (exact) mass is 461 g/mol. The van der Waals surface area contributed by atoms with Crippen molar-refractivity contribution in [2.75, 3.05) is 6.61 Å². The first-order valence-electron chi connectivity index (χ1n) is 11.0. The summed E-state index contributed by atoms with van der Waals surface area (Å²) in [6.45, 7) is 6.57. The third kappa shape index (κ3) is 5.52. The maximum atomic E-state index is 11.0. The fourth-order valence-corrected chi connectivity index (χ4v) is 4.41. The molecule has 0 bridgehead atoms. The summed E-state index contributed by atoms with van der Waals surface area (Å²) in [7, 11) is 0. The molecule has 0 spiro atoms. The molecule has 1 N–H and O–H groups in total. The van der Waals surface area contributed by atoms with Crippen LogP contribution in [0.4, 0.5) is 0 Å². The van der Waals surface area contributed by atoms with Gasteiger partial charge in [-0.05, 0) is 53.3 Å². The van der Waals surface area contributed by atoms with Gasteiger partial charge in [0.25, 0.3) is 0 Å². The summed E-state index contributed by atoms with van der Waals surface area (Å²) in [6, 6.07) is 17.9. The van der Waals surface area contributed by atoms with Crippen molar-refractivity contribution in [2.24, 2.45) is 0 Å². The molecule has 6 heteroatoms. The molecule has 0 amide bonds. The molecule has 0 aliphatic carbocycles.